The van der Waals surface area contributed by atoms with Crippen LogP contribution in [0.5, 0.6) is 0 Å². The maximum absolute atomic E-state index is 9.90. The molecule has 1 rings (SSSR count). The zero-order chi connectivity index (χ0) is 12.7. The second kappa shape index (κ2) is 6.93. The van der Waals surface area contributed by atoms with Gasteiger partial charge in [0.2, 0.25) is 0 Å². The monoisotopic (exact) mass is 227 g/mol. The second-order valence-electron chi connectivity index (χ2n) is 3.34. The van der Waals surface area contributed by atoms with Crippen molar-refractivity contribution in [1.29, 1.82) is 2.67 Å². The molecule has 1 N–H and O–H groups in total. The van der Waals surface area contributed by atoms with E-state index in [9.17, 15) is 5.11 Å². The Labute approximate surface area is 99.4 Å². The third kappa shape index (κ3) is 4.28. The number of rotatable bonds is 7. The third-order valence-corrected chi connectivity index (χ3v) is 2.73. The number of aliphatic hydroxyl groups is 1. The SMILES string of the molecule is [2H]B([3H])CSOC[C@@H](O)[C@H](C)c1ccccc1. The Kier molecular flexibility index (Phi) is 4.51. The summed E-state index contributed by atoms with van der Waals surface area (Å²) in [4.78, 5) is 0. The summed E-state index contributed by atoms with van der Waals surface area (Å²) in [5.74, 6) is 0.0135. The van der Waals surface area contributed by atoms with Crippen LogP contribution in [0.15, 0.2) is 30.3 Å². The van der Waals surface area contributed by atoms with Gasteiger partial charge < -0.3 is 9.29 Å². The Hall–Kier alpha value is -0.445. The zero-order valence-corrected chi connectivity index (χ0v) is 9.61. The van der Waals surface area contributed by atoms with Gasteiger partial charge in [-0.25, -0.2) is 0 Å². The van der Waals surface area contributed by atoms with Gasteiger partial charge >= 0.3 is 0 Å². The van der Waals surface area contributed by atoms with Gasteiger partial charge in [0.05, 0.1) is 12.7 Å². The fourth-order valence-corrected chi connectivity index (χ4v) is 1.62. The normalized spacial score (nSPS) is 16.4. The van der Waals surface area contributed by atoms with Crippen molar-refractivity contribution in [2.45, 2.75) is 18.9 Å². The van der Waals surface area contributed by atoms with E-state index in [2.05, 4.69) is 0 Å². The fourth-order valence-electron chi connectivity index (χ4n) is 1.29. The van der Waals surface area contributed by atoms with Gasteiger partial charge in [-0.2, -0.15) is 0 Å². The van der Waals surface area contributed by atoms with Crippen LogP contribution in [0.2, 0.25) is 0 Å². The molecule has 0 aliphatic heterocycles. The van der Waals surface area contributed by atoms with Crippen LogP contribution >= 0.6 is 12.0 Å². The quantitative estimate of drug-likeness (QED) is 0.434. The fraction of sp³-hybridized carbons (Fsp3) is 0.455. The number of benzene rings is 1. The predicted molar refractivity (Wildman–Crippen MR) is 67.8 cm³/mol. The first-order chi connectivity index (χ1) is 8.11. The van der Waals surface area contributed by atoms with Crippen molar-refractivity contribution in [2.75, 3.05) is 12.3 Å². The van der Waals surface area contributed by atoms with E-state index in [-0.39, 0.29) is 12.5 Å². The highest BCUT2D eigenvalue weighted by Gasteiger charge is 2.15. The van der Waals surface area contributed by atoms with E-state index in [0.717, 1.165) is 17.6 Å². The van der Waals surface area contributed by atoms with Crippen LogP contribution in [0.25, 0.3) is 0 Å². The van der Waals surface area contributed by atoms with Gasteiger partial charge in [0.25, 0.3) is 0 Å². The van der Waals surface area contributed by atoms with Crippen molar-refractivity contribution >= 4 is 19.8 Å². The van der Waals surface area contributed by atoms with Crippen LogP contribution in [-0.4, -0.2) is 33.9 Å². The molecule has 0 aliphatic carbocycles. The minimum Gasteiger partial charge on any atom is -0.390 e. The molecule has 0 radical (unpaired) electrons. The summed E-state index contributed by atoms with van der Waals surface area (Å²) in [5, 5.41) is 9.90. The molecule has 4 heteroatoms. The molecule has 0 bridgehead atoms. The van der Waals surface area contributed by atoms with Crippen LogP contribution < -0.4 is 0 Å². The van der Waals surface area contributed by atoms with Gasteiger partial charge in [-0.3, -0.25) is 0 Å². The highest BCUT2D eigenvalue weighted by molar-refractivity contribution is 7.95. The molecule has 0 unspecified atom stereocenters. The molecule has 0 fully saturated rings. The molecular weight excluding hydrogens is 207 g/mol. The molecule has 15 heavy (non-hydrogen) atoms. The van der Waals surface area contributed by atoms with Crippen molar-refractivity contribution in [3.8, 4) is 0 Å². The van der Waals surface area contributed by atoms with Gasteiger partial charge in [-0.05, 0) is 25.9 Å². The highest BCUT2D eigenvalue weighted by Crippen LogP contribution is 2.19. The average molecular weight is 227 g/mol. The second-order valence-corrected chi connectivity index (χ2v) is 4.14. The Bertz CT molecular complexity index is 314. The molecule has 0 saturated heterocycles. The lowest BCUT2D eigenvalue weighted by Gasteiger charge is -2.18. The molecule has 82 valence electrons. The van der Waals surface area contributed by atoms with E-state index in [4.69, 9.17) is 6.85 Å². The zero-order valence-electron chi connectivity index (χ0n) is 10.8. The van der Waals surface area contributed by atoms with Gasteiger partial charge in [0.1, 0.15) is 7.77 Å². The Morgan fingerprint density at radius 2 is 2.40 bits per heavy atom. The topological polar surface area (TPSA) is 29.5 Å². The first-order valence-corrected chi connectivity index (χ1v) is 5.84. The lowest BCUT2D eigenvalue weighted by Crippen LogP contribution is -2.20. The Morgan fingerprint density at radius 3 is 3.07 bits per heavy atom. The molecule has 1 aromatic rings. The maximum Gasteiger partial charge on any atom is 0.117 e. The van der Waals surface area contributed by atoms with Crippen molar-refractivity contribution in [3.63, 3.8) is 0 Å². The molecule has 0 aromatic heterocycles. The van der Waals surface area contributed by atoms with Crippen molar-refractivity contribution in [2.24, 2.45) is 0 Å². The summed E-state index contributed by atoms with van der Waals surface area (Å²) in [7, 11) is -0.885. The standard InChI is InChI=1S/C11H17BO2S/c1-9(10-5-3-2-4-6-10)11(13)7-14-15-8-12/h2-6,9,11,13H,7-8,12H2,1H3/t9-,11-/m1/s1/i12TD. The Balaban J connectivity index is 2.30. The van der Waals surface area contributed by atoms with Gasteiger partial charge in [0.15, 0.2) is 0 Å². The van der Waals surface area contributed by atoms with Crippen LogP contribution in [0.4, 0.5) is 0 Å². The molecule has 0 saturated carbocycles. The van der Waals surface area contributed by atoms with Crippen molar-refractivity contribution in [1.82, 2.24) is 0 Å². The lowest BCUT2D eigenvalue weighted by molar-refractivity contribution is 0.0984. The summed E-state index contributed by atoms with van der Waals surface area (Å²) in [6.07, 6.45) is -0.570. The molecule has 1 aromatic carbocycles. The average Bonchev–Trinajstić information content (AvgIpc) is 2.34. The molecule has 2 atom stereocenters. The smallest absolute Gasteiger partial charge is 0.117 e. The summed E-state index contributed by atoms with van der Waals surface area (Å²) < 4.78 is 19.1. The highest BCUT2D eigenvalue weighted by atomic mass is 32.2. The molecule has 0 heterocycles. The van der Waals surface area contributed by atoms with E-state index >= 15 is 0 Å². The molecular formula is C11H17BO2S. The predicted octanol–water partition coefficient (Wildman–Crippen LogP) is 1.41. The lowest BCUT2D eigenvalue weighted by atomic mass is 9.96. The van der Waals surface area contributed by atoms with Crippen LogP contribution in [0.1, 0.15) is 18.4 Å². The van der Waals surface area contributed by atoms with Gasteiger partial charge in [0, 0.05) is 5.92 Å². The summed E-state index contributed by atoms with van der Waals surface area (Å²) >= 11 is 1.07. The molecule has 0 aliphatic rings. The number of aliphatic hydroxyl groups excluding tert-OH is 1. The molecule has 2 nitrogen and oxygen atoms in total. The number of hydrogen-bond acceptors (Lipinski definition) is 3. The first kappa shape index (κ1) is 9.76. The van der Waals surface area contributed by atoms with E-state index in [0.29, 0.717) is 5.65 Å². The Morgan fingerprint density at radius 1 is 1.67 bits per heavy atom. The minimum absolute atomic E-state index is 0.0135. The minimum atomic E-state index is -0.885. The van der Waals surface area contributed by atoms with Crippen LogP contribution in [-0.2, 0) is 4.18 Å². The van der Waals surface area contributed by atoms with E-state index in [1.54, 1.807) is 0 Å². The number of hydrogen-bond donors (Lipinski definition) is 1. The summed E-state index contributed by atoms with van der Waals surface area (Å²) in [6, 6.07) is 9.78. The van der Waals surface area contributed by atoms with Crippen molar-refractivity contribution in [3.05, 3.63) is 35.9 Å². The summed E-state index contributed by atoms with van der Waals surface area (Å²) in [5.41, 5.74) is 1.37. The largest absolute Gasteiger partial charge is 0.390 e. The molecule has 0 amide bonds. The third-order valence-electron chi connectivity index (χ3n) is 2.29. The van der Waals surface area contributed by atoms with Crippen LogP contribution in [0, 0.1) is 0 Å². The van der Waals surface area contributed by atoms with E-state index in [1.165, 1.54) is 0 Å². The first-order valence-electron chi connectivity index (χ1n) is 6.08. The maximum atomic E-state index is 9.90. The van der Waals surface area contributed by atoms with Crippen LogP contribution in [0.3, 0.4) is 0 Å². The van der Waals surface area contributed by atoms with E-state index in [1.807, 2.05) is 37.3 Å². The van der Waals surface area contributed by atoms with E-state index < -0.39 is 13.9 Å². The molecule has 0 spiro atoms. The van der Waals surface area contributed by atoms with Gasteiger partial charge in [-0.1, -0.05) is 37.3 Å². The van der Waals surface area contributed by atoms with Gasteiger partial charge in [-0.15, -0.1) is 0 Å². The van der Waals surface area contributed by atoms with Crippen molar-refractivity contribution < 1.29 is 9.29 Å². The summed E-state index contributed by atoms with van der Waals surface area (Å²) in [6.45, 7) is 2.17.